The SMILES string of the molecule is C#CCN1CCC(Nc2ccc(F)c(C(F)(F)F)c2)CC1. The predicted molar refractivity (Wildman–Crippen MR) is 73.3 cm³/mol. The second kappa shape index (κ2) is 6.35. The fraction of sp³-hybridized carbons (Fsp3) is 0.467. The van der Waals surface area contributed by atoms with E-state index >= 15 is 0 Å². The van der Waals surface area contributed by atoms with Crippen LogP contribution in [-0.2, 0) is 6.18 Å². The lowest BCUT2D eigenvalue weighted by Gasteiger charge is -2.31. The van der Waals surface area contributed by atoms with E-state index in [-0.39, 0.29) is 6.04 Å². The summed E-state index contributed by atoms with van der Waals surface area (Å²) in [5, 5.41) is 3.04. The van der Waals surface area contributed by atoms with Gasteiger partial charge in [0.1, 0.15) is 5.82 Å². The van der Waals surface area contributed by atoms with Crippen molar-refractivity contribution >= 4 is 5.69 Å². The highest BCUT2D eigenvalue weighted by molar-refractivity contribution is 5.48. The summed E-state index contributed by atoms with van der Waals surface area (Å²) in [6.07, 6.45) is 2.14. The molecule has 1 heterocycles. The van der Waals surface area contributed by atoms with Crippen LogP contribution in [0.1, 0.15) is 18.4 Å². The smallest absolute Gasteiger partial charge is 0.382 e. The molecule has 1 aliphatic heterocycles. The van der Waals surface area contributed by atoms with E-state index in [2.05, 4.69) is 16.1 Å². The molecule has 0 spiro atoms. The molecule has 0 aromatic heterocycles. The summed E-state index contributed by atoms with van der Waals surface area (Å²) in [7, 11) is 0. The third kappa shape index (κ3) is 4.11. The Kier molecular flexibility index (Phi) is 4.73. The standard InChI is InChI=1S/C15H16F4N2/c1-2-7-21-8-5-11(6-9-21)20-12-3-4-14(16)13(10-12)15(17,18)19/h1,3-4,10-11,20H,5-9H2. The quantitative estimate of drug-likeness (QED) is 0.680. The van der Waals surface area contributed by atoms with E-state index in [9.17, 15) is 17.6 Å². The van der Waals surface area contributed by atoms with Crippen LogP contribution in [0, 0.1) is 18.2 Å². The van der Waals surface area contributed by atoms with Crippen molar-refractivity contribution in [3.63, 3.8) is 0 Å². The Balaban J connectivity index is 2.00. The zero-order valence-electron chi connectivity index (χ0n) is 11.4. The van der Waals surface area contributed by atoms with Gasteiger partial charge in [0.05, 0.1) is 12.1 Å². The van der Waals surface area contributed by atoms with Crippen LogP contribution in [0.4, 0.5) is 23.2 Å². The number of anilines is 1. The minimum Gasteiger partial charge on any atom is -0.382 e. The second-order valence-electron chi connectivity index (χ2n) is 5.09. The zero-order chi connectivity index (χ0) is 15.5. The Bertz CT molecular complexity index is 525. The monoisotopic (exact) mass is 300 g/mol. The van der Waals surface area contributed by atoms with Gasteiger partial charge in [0.2, 0.25) is 0 Å². The van der Waals surface area contributed by atoms with Crippen LogP contribution in [0.5, 0.6) is 0 Å². The summed E-state index contributed by atoms with van der Waals surface area (Å²) in [5.74, 6) is 1.32. The molecule has 1 aliphatic rings. The molecule has 1 saturated heterocycles. The lowest BCUT2D eigenvalue weighted by atomic mass is 10.0. The molecular weight excluding hydrogens is 284 g/mol. The maximum atomic E-state index is 13.2. The minimum atomic E-state index is -4.68. The Labute approximate surface area is 121 Å². The van der Waals surface area contributed by atoms with Crippen molar-refractivity contribution in [1.29, 1.82) is 0 Å². The largest absolute Gasteiger partial charge is 0.419 e. The van der Waals surface area contributed by atoms with Gasteiger partial charge in [0.15, 0.2) is 0 Å². The topological polar surface area (TPSA) is 15.3 Å². The Hall–Kier alpha value is -1.74. The molecule has 0 bridgehead atoms. The number of hydrogen-bond acceptors (Lipinski definition) is 2. The van der Waals surface area contributed by atoms with Crippen LogP contribution in [-0.4, -0.2) is 30.6 Å². The molecule has 0 atom stereocenters. The van der Waals surface area contributed by atoms with Crippen LogP contribution in [0.2, 0.25) is 0 Å². The third-order valence-corrected chi connectivity index (χ3v) is 3.55. The zero-order valence-corrected chi connectivity index (χ0v) is 11.4. The minimum absolute atomic E-state index is 0.0746. The molecule has 1 fully saturated rings. The van der Waals surface area contributed by atoms with Crippen molar-refractivity contribution in [3.05, 3.63) is 29.6 Å². The second-order valence-corrected chi connectivity index (χ2v) is 5.09. The van der Waals surface area contributed by atoms with Crippen molar-refractivity contribution in [2.45, 2.75) is 25.1 Å². The summed E-state index contributed by atoms with van der Waals surface area (Å²) < 4.78 is 51.2. The number of alkyl halides is 3. The first-order chi connectivity index (χ1) is 9.90. The summed E-state index contributed by atoms with van der Waals surface area (Å²) in [6.45, 7) is 2.19. The lowest BCUT2D eigenvalue weighted by molar-refractivity contribution is -0.139. The summed E-state index contributed by atoms with van der Waals surface area (Å²) in [6, 6.07) is 3.07. The average Bonchev–Trinajstić information content (AvgIpc) is 2.42. The number of benzene rings is 1. The normalized spacial score (nSPS) is 17.5. The maximum absolute atomic E-state index is 13.2. The van der Waals surface area contributed by atoms with E-state index in [0.717, 1.165) is 38.1 Å². The molecule has 1 N–H and O–H groups in total. The summed E-state index contributed by atoms with van der Waals surface area (Å²) >= 11 is 0. The Morgan fingerprint density at radius 2 is 1.95 bits per heavy atom. The number of halogens is 4. The Morgan fingerprint density at radius 1 is 1.29 bits per heavy atom. The van der Waals surface area contributed by atoms with Gasteiger partial charge in [0.25, 0.3) is 0 Å². The van der Waals surface area contributed by atoms with Crippen LogP contribution >= 0.6 is 0 Å². The van der Waals surface area contributed by atoms with Gasteiger partial charge in [-0.25, -0.2) is 4.39 Å². The lowest BCUT2D eigenvalue weighted by Crippen LogP contribution is -2.39. The fourth-order valence-corrected chi connectivity index (χ4v) is 2.43. The first kappa shape index (κ1) is 15.6. The van der Waals surface area contributed by atoms with E-state index in [1.807, 2.05) is 0 Å². The van der Waals surface area contributed by atoms with Crippen molar-refractivity contribution in [2.24, 2.45) is 0 Å². The first-order valence-electron chi connectivity index (χ1n) is 6.69. The average molecular weight is 300 g/mol. The van der Waals surface area contributed by atoms with E-state index < -0.39 is 17.6 Å². The highest BCUT2D eigenvalue weighted by atomic mass is 19.4. The molecule has 1 aromatic rings. The van der Waals surface area contributed by atoms with Crippen LogP contribution in [0.15, 0.2) is 18.2 Å². The van der Waals surface area contributed by atoms with Gasteiger partial charge in [0, 0.05) is 24.8 Å². The summed E-state index contributed by atoms with van der Waals surface area (Å²) in [5.41, 5.74) is -0.948. The summed E-state index contributed by atoms with van der Waals surface area (Å²) in [4.78, 5) is 2.12. The maximum Gasteiger partial charge on any atom is 0.419 e. The predicted octanol–water partition coefficient (Wildman–Crippen LogP) is 3.35. The van der Waals surface area contributed by atoms with Crippen molar-refractivity contribution < 1.29 is 17.6 Å². The van der Waals surface area contributed by atoms with E-state index in [1.54, 1.807) is 0 Å². The Morgan fingerprint density at radius 3 is 2.52 bits per heavy atom. The molecule has 0 aliphatic carbocycles. The molecule has 6 heteroatoms. The molecule has 1 aromatic carbocycles. The molecule has 114 valence electrons. The van der Waals surface area contributed by atoms with E-state index in [1.165, 1.54) is 6.07 Å². The van der Waals surface area contributed by atoms with Crippen molar-refractivity contribution in [3.8, 4) is 12.3 Å². The number of piperidine rings is 1. The number of nitrogens with zero attached hydrogens (tertiary/aromatic N) is 1. The highest BCUT2D eigenvalue weighted by Crippen LogP contribution is 2.33. The molecule has 0 unspecified atom stereocenters. The fourth-order valence-electron chi connectivity index (χ4n) is 2.43. The van der Waals surface area contributed by atoms with Crippen molar-refractivity contribution in [2.75, 3.05) is 25.0 Å². The number of likely N-dealkylation sites (tertiary alicyclic amines) is 1. The van der Waals surface area contributed by atoms with Gasteiger partial charge < -0.3 is 5.32 Å². The van der Waals surface area contributed by atoms with Crippen LogP contribution < -0.4 is 5.32 Å². The van der Waals surface area contributed by atoms with Gasteiger partial charge in [-0.05, 0) is 31.0 Å². The van der Waals surface area contributed by atoms with Gasteiger partial charge in [-0.15, -0.1) is 6.42 Å². The number of nitrogens with one attached hydrogen (secondary N) is 1. The number of terminal acetylenes is 1. The molecule has 2 rings (SSSR count). The molecular formula is C15H16F4N2. The molecule has 0 radical (unpaired) electrons. The molecule has 0 amide bonds. The van der Waals surface area contributed by atoms with Crippen LogP contribution in [0.25, 0.3) is 0 Å². The van der Waals surface area contributed by atoms with Gasteiger partial charge in [-0.2, -0.15) is 13.2 Å². The highest BCUT2D eigenvalue weighted by Gasteiger charge is 2.34. The van der Waals surface area contributed by atoms with Crippen molar-refractivity contribution in [1.82, 2.24) is 4.90 Å². The van der Waals surface area contributed by atoms with E-state index in [0.29, 0.717) is 12.2 Å². The third-order valence-electron chi connectivity index (χ3n) is 3.55. The first-order valence-corrected chi connectivity index (χ1v) is 6.69. The van der Waals surface area contributed by atoms with E-state index in [4.69, 9.17) is 6.42 Å². The van der Waals surface area contributed by atoms with Gasteiger partial charge in [-0.3, -0.25) is 4.90 Å². The van der Waals surface area contributed by atoms with Gasteiger partial charge >= 0.3 is 6.18 Å². The van der Waals surface area contributed by atoms with Gasteiger partial charge in [-0.1, -0.05) is 5.92 Å². The molecule has 21 heavy (non-hydrogen) atoms. The number of rotatable bonds is 3. The molecule has 0 saturated carbocycles. The molecule has 2 nitrogen and oxygen atoms in total. The van der Waals surface area contributed by atoms with Crippen LogP contribution in [0.3, 0.4) is 0 Å². The number of hydrogen-bond donors (Lipinski definition) is 1.